The number of hydrogen-bond donors (Lipinski definition) is 1. The van der Waals surface area contributed by atoms with E-state index in [0.29, 0.717) is 18.0 Å². The summed E-state index contributed by atoms with van der Waals surface area (Å²) in [7, 11) is 0. The smallest absolute Gasteiger partial charge is 0.125 e. The summed E-state index contributed by atoms with van der Waals surface area (Å²) < 4.78 is 1.22. The SMILES string of the molecule is CC(C)N1CCCC(c2cc3c(Nc4ccc5scnc5c4)ccnc3s2)C1C. The highest BCUT2D eigenvalue weighted by Crippen LogP contribution is 2.41. The molecule has 3 aromatic heterocycles. The molecule has 1 fully saturated rings. The highest BCUT2D eigenvalue weighted by Gasteiger charge is 2.31. The van der Waals surface area contributed by atoms with Crippen LogP contribution < -0.4 is 5.32 Å². The number of benzene rings is 1. The van der Waals surface area contributed by atoms with Gasteiger partial charge in [-0.1, -0.05) is 0 Å². The van der Waals surface area contributed by atoms with E-state index in [9.17, 15) is 0 Å². The zero-order valence-electron chi connectivity index (χ0n) is 17.1. The van der Waals surface area contributed by atoms with Crippen LogP contribution in [0.15, 0.2) is 42.0 Å². The number of nitrogens with one attached hydrogen (secondary N) is 1. The normalized spacial score (nSPS) is 20.7. The van der Waals surface area contributed by atoms with E-state index in [4.69, 9.17) is 0 Å². The fourth-order valence-corrected chi connectivity index (χ4v) is 6.54. The summed E-state index contributed by atoms with van der Waals surface area (Å²) in [6, 6.07) is 12.0. The van der Waals surface area contributed by atoms with Crippen molar-refractivity contribution in [3.05, 3.63) is 46.9 Å². The quantitative estimate of drug-likeness (QED) is 0.401. The summed E-state index contributed by atoms with van der Waals surface area (Å²) in [6.45, 7) is 8.23. The van der Waals surface area contributed by atoms with Gasteiger partial charge in [-0.05, 0) is 70.5 Å². The number of rotatable bonds is 4. The molecule has 4 nitrogen and oxygen atoms in total. The summed E-state index contributed by atoms with van der Waals surface area (Å²) in [5.74, 6) is 0.588. The first-order chi connectivity index (χ1) is 14.1. The van der Waals surface area contributed by atoms with E-state index in [0.717, 1.165) is 21.7 Å². The van der Waals surface area contributed by atoms with E-state index in [1.807, 2.05) is 23.0 Å². The number of nitrogens with zero attached hydrogens (tertiary/aromatic N) is 3. The molecule has 0 bridgehead atoms. The molecule has 1 N–H and O–H groups in total. The topological polar surface area (TPSA) is 41.0 Å². The van der Waals surface area contributed by atoms with Gasteiger partial charge in [-0.3, -0.25) is 4.90 Å². The first kappa shape index (κ1) is 19.0. The van der Waals surface area contributed by atoms with E-state index in [1.54, 1.807) is 11.3 Å². The molecule has 150 valence electrons. The highest BCUT2D eigenvalue weighted by molar-refractivity contribution is 7.18. The van der Waals surface area contributed by atoms with Crippen LogP contribution in [0.3, 0.4) is 0 Å². The molecule has 0 saturated carbocycles. The Balaban J connectivity index is 1.47. The lowest BCUT2D eigenvalue weighted by atomic mass is 9.88. The van der Waals surface area contributed by atoms with Crippen LogP contribution in [0.5, 0.6) is 0 Å². The molecule has 2 atom stereocenters. The Kier molecular flexibility index (Phi) is 5.02. The van der Waals surface area contributed by atoms with Crippen molar-refractivity contribution in [2.24, 2.45) is 0 Å². The first-order valence-electron chi connectivity index (χ1n) is 10.3. The predicted octanol–water partition coefficient (Wildman–Crippen LogP) is 6.63. The Morgan fingerprint density at radius 1 is 1.17 bits per heavy atom. The second kappa shape index (κ2) is 7.67. The predicted molar refractivity (Wildman–Crippen MR) is 126 cm³/mol. The molecule has 5 rings (SSSR count). The third kappa shape index (κ3) is 3.54. The number of pyridine rings is 1. The van der Waals surface area contributed by atoms with Gasteiger partial charge in [0.1, 0.15) is 4.83 Å². The fraction of sp³-hybridized carbons (Fsp3) is 0.391. The van der Waals surface area contributed by atoms with Gasteiger partial charge in [0.05, 0.1) is 21.4 Å². The van der Waals surface area contributed by atoms with Crippen LogP contribution >= 0.6 is 22.7 Å². The van der Waals surface area contributed by atoms with Gasteiger partial charge >= 0.3 is 0 Å². The number of thiazole rings is 1. The Bertz CT molecular complexity index is 1150. The van der Waals surface area contributed by atoms with Gasteiger partial charge in [-0.15, -0.1) is 22.7 Å². The minimum absolute atomic E-state index is 0.570. The maximum atomic E-state index is 4.67. The lowest BCUT2D eigenvalue weighted by molar-refractivity contribution is 0.106. The largest absolute Gasteiger partial charge is 0.355 e. The van der Waals surface area contributed by atoms with Crippen molar-refractivity contribution in [3.63, 3.8) is 0 Å². The second-order valence-electron chi connectivity index (χ2n) is 8.21. The number of likely N-dealkylation sites (tertiary alicyclic amines) is 1. The number of piperidine rings is 1. The van der Waals surface area contributed by atoms with Crippen molar-refractivity contribution in [2.75, 3.05) is 11.9 Å². The summed E-state index contributed by atoms with van der Waals surface area (Å²) in [4.78, 5) is 14.3. The lowest BCUT2D eigenvalue weighted by Gasteiger charge is -2.41. The molecule has 1 aliphatic heterocycles. The molecule has 1 aromatic carbocycles. The van der Waals surface area contributed by atoms with Crippen LogP contribution in [0.25, 0.3) is 20.4 Å². The maximum absolute atomic E-state index is 4.67. The number of anilines is 2. The molecule has 0 amide bonds. The van der Waals surface area contributed by atoms with Crippen molar-refractivity contribution < 1.29 is 0 Å². The summed E-state index contributed by atoms with van der Waals surface area (Å²) in [5.41, 5.74) is 5.13. The summed E-state index contributed by atoms with van der Waals surface area (Å²) in [5, 5.41) is 4.83. The Morgan fingerprint density at radius 3 is 2.93 bits per heavy atom. The van der Waals surface area contributed by atoms with Crippen molar-refractivity contribution in [1.29, 1.82) is 0 Å². The van der Waals surface area contributed by atoms with Gasteiger partial charge in [-0.2, -0.15) is 0 Å². The zero-order chi connectivity index (χ0) is 20.0. The summed E-state index contributed by atoms with van der Waals surface area (Å²) >= 11 is 3.54. The number of thiophene rings is 1. The third-order valence-corrected chi connectivity index (χ3v) is 8.11. The van der Waals surface area contributed by atoms with Gasteiger partial charge in [-0.25, -0.2) is 9.97 Å². The first-order valence-corrected chi connectivity index (χ1v) is 12.0. The van der Waals surface area contributed by atoms with E-state index in [2.05, 4.69) is 71.3 Å². The average Bonchev–Trinajstić information content (AvgIpc) is 3.34. The van der Waals surface area contributed by atoms with Crippen LogP contribution in [0, 0.1) is 0 Å². The Hall–Kier alpha value is -2.02. The number of aromatic nitrogens is 2. The second-order valence-corrected chi connectivity index (χ2v) is 10.2. The van der Waals surface area contributed by atoms with Crippen molar-refractivity contribution in [2.45, 2.75) is 51.6 Å². The molecule has 0 radical (unpaired) electrons. The molecule has 0 spiro atoms. The molecule has 2 unspecified atom stereocenters. The third-order valence-electron chi connectivity index (χ3n) is 6.13. The minimum Gasteiger partial charge on any atom is -0.355 e. The van der Waals surface area contributed by atoms with E-state index in [1.165, 1.54) is 34.3 Å². The van der Waals surface area contributed by atoms with E-state index >= 15 is 0 Å². The van der Waals surface area contributed by atoms with Crippen LogP contribution in [0.2, 0.25) is 0 Å². The van der Waals surface area contributed by atoms with Gasteiger partial charge in [0.2, 0.25) is 0 Å². The molecular formula is C23H26N4S2. The van der Waals surface area contributed by atoms with Gasteiger partial charge in [0.25, 0.3) is 0 Å². The van der Waals surface area contributed by atoms with Crippen LogP contribution in [-0.4, -0.2) is 33.5 Å². The van der Waals surface area contributed by atoms with Crippen molar-refractivity contribution >= 4 is 54.5 Å². The van der Waals surface area contributed by atoms with Gasteiger partial charge < -0.3 is 5.32 Å². The maximum Gasteiger partial charge on any atom is 0.125 e. The Morgan fingerprint density at radius 2 is 2.07 bits per heavy atom. The van der Waals surface area contributed by atoms with Gasteiger partial charge in [0, 0.05) is 40.1 Å². The summed E-state index contributed by atoms with van der Waals surface area (Å²) in [6.07, 6.45) is 4.45. The van der Waals surface area contributed by atoms with Gasteiger partial charge in [0.15, 0.2) is 0 Å². The minimum atomic E-state index is 0.570. The number of fused-ring (bicyclic) bond motifs is 2. The molecule has 1 aliphatic rings. The average molecular weight is 423 g/mol. The standard InChI is InChI=1S/C23H26N4S2/c1-14(2)27-10-4-5-17(15(27)3)22-12-18-19(8-9-24-23(18)29-22)26-16-6-7-21-20(11-16)25-13-28-21/h6-9,11-15,17H,4-5,10H2,1-3H3,(H,24,26). The molecule has 1 saturated heterocycles. The van der Waals surface area contributed by atoms with Crippen molar-refractivity contribution in [1.82, 2.24) is 14.9 Å². The molecular weight excluding hydrogens is 396 g/mol. The zero-order valence-corrected chi connectivity index (χ0v) is 18.7. The van der Waals surface area contributed by atoms with Crippen molar-refractivity contribution in [3.8, 4) is 0 Å². The fourth-order valence-electron chi connectivity index (χ4n) is 4.62. The lowest BCUT2D eigenvalue weighted by Crippen LogP contribution is -2.45. The monoisotopic (exact) mass is 422 g/mol. The number of hydrogen-bond acceptors (Lipinski definition) is 6. The Labute approximate surface area is 179 Å². The molecule has 4 aromatic rings. The van der Waals surface area contributed by atoms with Crippen LogP contribution in [-0.2, 0) is 0 Å². The van der Waals surface area contributed by atoms with Crippen LogP contribution in [0.1, 0.15) is 44.4 Å². The molecule has 6 heteroatoms. The van der Waals surface area contributed by atoms with E-state index < -0.39 is 0 Å². The van der Waals surface area contributed by atoms with E-state index in [-0.39, 0.29) is 0 Å². The molecule has 29 heavy (non-hydrogen) atoms. The molecule has 0 aliphatic carbocycles. The molecule has 4 heterocycles. The highest BCUT2D eigenvalue weighted by atomic mass is 32.1. The van der Waals surface area contributed by atoms with Crippen LogP contribution in [0.4, 0.5) is 11.4 Å².